The highest BCUT2D eigenvalue weighted by Gasteiger charge is 2.30. The SMILES string of the molecule is CCCN(C(=O)OC(C)(C)C)C1CCc2cc(NS(=O)(=O)c3ccc(OC(F)F)cc3)ccc2C1. The molecule has 1 aliphatic rings. The Bertz CT molecular complexity index is 1130. The number of aryl methyl sites for hydroxylation is 1. The van der Waals surface area contributed by atoms with E-state index in [0.29, 0.717) is 25.1 Å². The number of carbonyl (C=O) groups is 1. The number of nitrogens with zero attached hydrogens (tertiary/aromatic N) is 1. The molecular formula is C25H32F2N2O5S. The lowest BCUT2D eigenvalue weighted by molar-refractivity contribution is -0.0498. The van der Waals surface area contributed by atoms with Crippen LogP contribution in [0, 0.1) is 0 Å². The van der Waals surface area contributed by atoms with Gasteiger partial charge in [-0.05, 0) is 94.0 Å². The third kappa shape index (κ3) is 7.30. The van der Waals surface area contributed by atoms with Crippen LogP contribution >= 0.6 is 0 Å². The number of hydrogen-bond donors (Lipinski definition) is 1. The van der Waals surface area contributed by atoms with Crippen molar-refractivity contribution in [1.29, 1.82) is 0 Å². The molecule has 7 nitrogen and oxygen atoms in total. The van der Waals surface area contributed by atoms with Crippen molar-refractivity contribution in [2.75, 3.05) is 11.3 Å². The number of sulfonamides is 1. The fourth-order valence-electron chi connectivity index (χ4n) is 4.06. The van der Waals surface area contributed by atoms with Crippen LogP contribution in [-0.2, 0) is 27.6 Å². The fraction of sp³-hybridized carbons (Fsp3) is 0.480. The van der Waals surface area contributed by atoms with Gasteiger partial charge in [-0.25, -0.2) is 13.2 Å². The van der Waals surface area contributed by atoms with Gasteiger partial charge in [0.15, 0.2) is 0 Å². The zero-order valence-corrected chi connectivity index (χ0v) is 21.2. The number of rotatable bonds is 8. The molecule has 1 unspecified atom stereocenters. The summed E-state index contributed by atoms with van der Waals surface area (Å²) in [4.78, 5) is 14.5. The summed E-state index contributed by atoms with van der Waals surface area (Å²) in [6.07, 6.45) is 2.60. The van der Waals surface area contributed by atoms with Gasteiger partial charge in [-0.15, -0.1) is 0 Å². The highest BCUT2D eigenvalue weighted by Crippen LogP contribution is 2.29. The van der Waals surface area contributed by atoms with Crippen LogP contribution in [0.15, 0.2) is 47.4 Å². The van der Waals surface area contributed by atoms with Crippen molar-refractivity contribution in [2.24, 2.45) is 0 Å². The molecule has 0 aromatic heterocycles. The molecular weight excluding hydrogens is 478 g/mol. The van der Waals surface area contributed by atoms with Crippen LogP contribution in [0.3, 0.4) is 0 Å². The van der Waals surface area contributed by atoms with Crippen LogP contribution in [0.25, 0.3) is 0 Å². The van der Waals surface area contributed by atoms with Crippen LogP contribution in [-0.4, -0.2) is 44.2 Å². The average molecular weight is 511 g/mol. The first-order chi connectivity index (χ1) is 16.4. The van der Waals surface area contributed by atoms with Gasteiger partial charge in [0.2, 0.25) is 0 Å². The number of halogens is 2. The van der Waals surface area contributed by atoms with E-state index in [1.807, 2.05) is 33.8 Å². The van der Waals surface area contributed by atoms with E-state index in [9.17, 15) is 22.0 Å². The van der Waals surface area contributed by atoms with E-state index >= 15 is 0 Å². The van der Waals surface area contributed by atoms with Gasteiger partial charge >= 0.3 is 12.7 Å². The molecule has 0 fully saturated rings. The second-order valence-electron chi connectivity index (χ2n) is 9.51. The monoisotopic (exact) mass is 510 g/mol. The Morgan fingerprint density at radius 1 is 1.14 bits per heavy atom. The van der Waals surface area contributed by atoms with Crippen molar-refractivity contribution in [2.45, 2.75) is 76.5 Å². The van der Waals surface area contributed by atoms with Gasteiger partial charge < -0.3 is 14.4 Å². The highest BCUT2D eigenvalue weighted by molar-refractivity contribution is 7.92. The molecule has 3 rings (SSSR count). The van der Waals surface area contributed by atoms with Crippen molar-refractivity contribution in [1.82, 2.24) is 4.90 Å². The van der Waals surface area contributed by atoms with Gasteiger partial charge in [0.05, 0.1) is 4.90 Å². The molecule has 0 saturated carbocycles. The molecule has 0 radical (unpaired) electrons. The number of fused-ring (bicyclic) bond motifs is 1. The minimum atomic E-state index is -3.91. The van der Waals surface area contributed by atoms with Crippen molar-refractivity contribution < 1.29 is 31.5 Å². The molecule has 1 amide bonds. The zero-order chi connectivity index (χ0) is 25.8. The lowest BCUT2D eigenvalue weighted by Crippen LogP contribution is -2.46. The van der Waals surface area contributed by atoms with Crippen molar-refractivity contribution in [3.8, 4) is 5.75 Å². The molecule has 0 heterocycles. The summed E-state index contributed by atoms with van der Waals surface area (Å²) in [6.45, 7) is 5.18. The maximum absolute atomic E-state index is 12.8. The summed E-state index contributed by atoms with van der Waals surface area (Å²) in [6, 6.07) is 10.1. The maximum atomic E-state index is 12.8. The maximum Gasteiger partial charge on any atom is 0.410 e. The fourth-order valence-corrected chi connectivity index (χ4v) is 5.11. The van der Waals surface area contributed by atoms with Crippen molar-refractivity contribution in [3.05, 3.63) is 53.6 Å². The van der Waals surface area contributed by atoms with E-state index < -0.39 is 22.2 Å². The number of amides is 1. The predicted octanol–water partition coefficient (Wildman–Crippen LogP) is 5.59. The third-order valence-electron chi connectivity index (χ3n) is 5.55. The number of ether oxygens (including phenoxy) is 2. The first kappa shape index (κ1) is 26.7. The quantitative estimate of drug-likeness (QED) is 0.500. The number of alkyl halides is 2. The summed E-state index contributed by atoms with van der Waals surface area (Å²) >= 11 is 0. The summed E-state index contributed by atoms with van der Waals surface area (Å²) in [5.41, 5.74) is 1.91. The summed E-state index contributed by atoms with van der Waals surface area (Å²) < 4.78 is 62.5. The number of nitrogens with one attached hydrogen (secondary N) is 1. The zero-order valence-electron chi connectivity index (χ0n) is 20.4. The number of anilines is 1. The van der Waals surface area contributed by atoms with E-state index in [1.165, 1.54) is 24.3 Å². The first-order valence-corrected chi connectivity index (χ1v) is 13.1. The lowest BCUT2D eigenvalue weighted by Gasteiger charge is -2.36. The first-order valence-electron chi connectivity index (χ1n) is 11.6. The number of carbonyl (C=O) groups excluding carboxylic acids is 1. The van der Waals surface area contributed by atoms with Crippen LogP contribution in [0.4, 0.5) is 19.3 Å². The second-order valence-corrected chi connectivity index (χ2v) is 11.2. The summed E-state index contributed by atoms with van der Waals surface area (Å²) in [5.74, 6) is -0.120. The Hall–Kier alpha value is -2.88. The van der Waals surface area contributed by atoms with Crippen LogP contribution < -0.4 is 9.46 Å². The Kier molecular flexibility index (Phi) is 8.25. The van der Waals surface area contributed by atoms with Crippen molar-refractivity contribution in [3.63, 3.8) is 0 Å². The molecule has 0 spiro atoms. The molecule has 0 saturated heterocycles. The third-order valence-corrected chi connectivity index (χ3v) is 6.95. The Balaban J connectivity index is 1.71. The largest absolute Gasteiger partial charge is 0.444 e. The van der Waals surface area contributed by atoms with E-state index in [0.717, 1.165) is 24.0 Å². The molecule has 0 bridgehead atoms. The topological polar surface area (TPSA) is 84.9 Å². The van der Waals surface area contributed by atoms with Gasteiger partial charge in [-0.3, -0.25) is 4.72 Å². The Labute approximate surface area is 205 Å². The Morgan fingerprint density at radius 2 is 1.83 bits per heavy atom. The van der Waals surface area contributed by atoms with Gasteiger partial charge in [0.1, 0.15) is 11.4 Å². The average Bonchev–Trinajstić information content (AvgIpc) is 2.75. The Morgan fingerprint density at radius 3 is 2.43 bits per heavy atom. The molecule has 35 heavy (non-hydrogen) atoms. The standard InChI is InChI=1S/C25H32F2N2O5S/c1-5-14-29(24(30)34-25(2,3)4)20-9-7-17-15-19(8-6-18(17)16-20)28-35(31,32)22-12-10-21(11-13-22)33-23(26)27/h6,8,10-13,15,20,23,28H,5,7,9,14,16H2,1-4H3. The predicted molar refractivity (Wildman–Crippen MR) is 129 cm³/mol. The molecule has 1 aliphatic carbocycles. The molecule has 192 valence electrons. The van der Waals surface area contributed by atoms with Crippen LogP contribution in [0.5, 0.6) is 5.75 Å². The molecule has 10 heteroatoms. The van der Waals surface area contributed by atoms with Gasteiger partial charge in [0.25, 0.3) is 10.0 Å². The van der Waals surface area contributed by atoms with E-state index in [-0.39, 0.29) is 22.8 Å². The normalized spacial score (nSPS) is 15.9. The van der Waals surface area contributed by atoms with Gasteiger partial charge in [0, 0.05) is 18.3 Å². The minimum Gasteiger partial charge on any atom is -0.444 e. The molecule has 0 aliphatic heterocycles. The van der Waals surface area contributed by atoms with E-state index in [4.69, 9.17) is 4.74 Å². The molecule has 1 N–H and O–H groups in total. The van der Waals surface area contributed by atoms with Crippen LogP contribution in [0.2, 0.25) is 0 Å². The second kappa shape index (κ2) is 10.8. The van der Waals surface area contributed by atoms with Crippen LogP contribution in [0.1, 0.15) is 51.7 Å². The number of benzene rings is 2. The minimum absolute atomic E-state index is 0.00816. The smallest absolute Gasteiger partial charge is 0.410 e. The number of hydrogen-bond acceptors (Lipinski definition) is 5. The lowest BCUT2D eigenvalue weighted by atomic mass is 9.87. The van der Waals surface area contributed by atoms with Crippen molar-refractivity contribution >= 4 is 21.8 Å². The van der Waals surface area contributed by atoms with E-state index in [2.05, 4.69) is 9.46 Å². The summed E-state index contributed by atoms with van der Waals surface area (Å²) in [5, 5.41) is 0. The molecule has 2 aromatic rings. The van der Waals surface area contributed by atoms with E-state index in [1.54, 1.807) is 17.0 Å². The summed E-state index contributed by atoms with van der Waals surface area (Å²) in [7, 11) is -3.91. The van der Waals surface area contributed by atoms with Gasteiger partial charge in [-0.2, -0.15) is 8.78 Å². The van der Waals surface area contributed by atoms with Gasteiger partial charge in [-0.1, -0.05) is 13.0 Å². The molecule has 1 atom stereocenters. The highest BCUT2D eigenvalue weighted by atomic mass is 32.2. The molecule has 2 aromatic carbocycles.